The highest BCUT2D eigenvalue weighted by molar-refractivity contribution is 7.89. The number of nitrogens with zero attached hydrogens (tertiary/aromatic N) is 3. The molecule has 2 aliphatic rings. The average Bonchev–Trinajstić information content (AvgIpc) is 2.97. The van der Waals surface area contributed by atoms with Gasteiger partial charge in [-0.3, -0.25) is 4.68 Å². The SMILES string of the molecule is Cc1c(S(=O)(=O)N2CCC3(CCNCC3)C2)cnn1C.Cl. The van der Waals surface area contributed by atoms with Crippen molar-refractivity contribution in [3.63, 3.8) is 0 Å². The quantitative estimate of drug-likeness (QED) is 0.873. The first-order valence-electron chi connectivity index (χ1n) is 7.14. The number of hydrogen-bond donors (Lipinski definition) is 1. The van der Waals surface area contributed by atoms with Crippen LogP contribution in [0.3, 0.4) is 0 Å². The zero-order valence-corrected chi connectivity index (χ0v) is 14.1. The summed E-state index contributed by atoms with van der Waals surface area (Å²) in [5.41, 5.74) is 0.894. The molecule has 1 N–H and O–H groups in total. The lowest BCUT2D eigenvalue weighted by molar-refractivity contribution is 0.218. The zero-order chi connectivity index (χ0) is 14.4. The molecule has 1 aromatic heterocycles. The molecule has 2 fully saturated rings. The van der Waals surface area contributed by atoms with Gasteiger partial charge >= 0.3 is 0 Å². The summed E-state index contributed by atoms with van der Waals surface area (Å²) in [6.07, 6.45) is 4.60. The maximum Gasteiger partial charge on any atom is 0.246 e. The number of halogens is 1. The van der Waals surface area contributed by atoms with Crippen molar-refractivity contribution in [3.8, 4) is 0 Å². The van der Waals surface area contributed by atoms with Gasteiger partial charge in [-0.05, 0) is 44.7 Å². The molecule has 1 aromatic rings. The average molecular weight is 335 g/mol. The van der Waals surface area contributed by atoms with Crippen LogP contribution in [0.1, 0.15) is 25.0 Å². The fourth-order valence-electron chi connectivity index (χ4n) is 3.34. The van der Waals surface area contributed by atoms with E-state index in [1.165, 1.54) is 6.20 Å². The number of piperidine rings is 1. The molecule has 0 aromatic carbocycles. The van der Waals surface area contributed by atoms with Gasteiger partial charge in [0.25, 0.3) is 0 Å². The van der Waals surface area contributed by atoms with E-state index in [0.29, 0.717) is 23.7 Å². The summed E-state index contributed by atoms with van der Waals surface area (Å²) in [5, 5.41) is 7.41. The van der Waals surface area contributed by atoms with E-state index in [-0.39, 0.29) is 17.8 Å². The van der Waals surface area contributed by atoms with Gasteiger partial charge in [0.05, 0.1) is 11.9 Å². The predicted molar refractivity (Wildman–Crippen MR) is 83.1 cm³/mol. The maximum atomic E-state index is 12.8. The van der Waals surface area contributed by atoms with Crippen LogP contribution < -0.4 is 5.32 Å². The smallest absolute Gasteiger partial charge is 0.246 e. The second-order valence-electron chi connectivity index (χ2n) is 6.06. The van der Waals surface area contributed by atoms with Crippen LogP contribution in [0, 0.1) is 12.3 Å². The molecule has 2 saturated heterocycles. The summed E-state index contributed by atoms with van der Waals surface area (Å²) in [6, 6.07) is 0. The molecule has 0 saturated carbocycles. The molecule has 6 nitrogen and oxygen atoms in total. The normalized spacial score (nSPS) is 22.4. The van der Waals surface area contributed by atoms with Crippen LogP contribution >= 0.6 is 12.4 Å². The Bertz CT molecular complexity index is 608. The highest BCUT2D eigenvalue weighted by Gasteiger charge is 2.43. The van der Waals surface area contributed by atoms with Gasteiger partial charge in [0.1, 0.15) is 4.90 Å². The second-order valence-corrected chi connectivity index (χ2v) is 7.96. The minimum Gasteiger partial charge on any atom is -0.317 e. The van der Waals surface area contributed by atoms with Crippen molar-refractivity contribution in [1.82, 2.24) is 19.4 Å². The van der Waals surface area contributed by atoms with E-state index in [1.54, 1.807) is 23.0 Å². The van der Waals surface area contributed by atoms with Gasteiger partial charge in [-0.1, -0.05) is 0 Å². The number of sulfonamides is 1. The Morgan fingerprint density at radius 2 is 1.95 bits per heavy atom. The Morgan fingerprint density at radius 3 is 2.52 bits per heavy atom. The van der Waals surface area contributed by atoms with Crippen LogP contribution in [-0.4, -0.2) is 48.7 Å². The van der Waals surface area contributed by atoms with Crippen molar-refractivity contribution in [1.29, 1.82) is 0 Å². The number of aromatic nitrogens is 2. The molecular weight excluding hydrogens is 312 g/mol. The minimum absolute atomic E-state index is 0. The molecule has 2 aliphatic heterocycles. The van der Waals surface area contributed by atoms with E-state index >= 15 is 0 Å². The Balaban J connectivity index is 0.00000161. The fraction of sp³-hybridized carbons (Fsp3) is 0.769. The Morgan fingerprint density at radius 1 is 1.29 bits per heavy atom. The predicted octanol–water partition coefficient (Wildman–Crippen LogP) is 0.915. The second kappa shape index (κ2) is 5.87. The topological polar surface area (TPSA) is 67.2 Å². The molecule has 0 radical (unpaired) electrons. The third kappa shape index (κ3) is 2.84. The van der Waals surface area contributed by atoms with Crippen LogP contribution in [0.15, 0.2) is 11.1 Å². The van der Waals surface area contributed by atoms with E-state index in [9.17, 15) is 8.42 Å². The maximum absolute atomic E-state index is 12.8. The number of rotatable bonds is 2. The third-order valence-electron chi connectivity index (χ3n) is 4.88. The van der Waals surface area contributed by atoms with E-state index in [0.717, 1.165) is 32.4 Å². The molecule has 21 heavy (non-hydrogen) atoms. The highest BCUT2D eigenvalue weighted by atomic mass is 35.5. The molecule has 3 rings (SSSR count). The molecular formula is C13H23ClN4O2S. The van der Waals surface area contributed by atoms with Crippen LogP contribution in [0.4, 0.5) is 0 Å². The van der Waals surface area contributed by atoms with Crippen molar-refractivity contribution in [3.05, 3.63) is 11.9 Å². The highest BCUT2D eigenvalue weighted by Crippen LogP contribution is 2.40. The van der Waals surface area contributed by atoms with E-state index in [2.05, 4.69) is 10.4 Å². The summed E-state index contributed by atoms with van der Waals surface area (Å²) >= 11 is 0. The lowest BCUT2D eigenvalue weighted by Crippen LogP contribution is -2.39. The molecule has 1 spiro atoms. The summed E-state index contributed by atoms with van der Waals surface area (Å²) in [4.78, 5) is 0.353. The summed E-state index contributed by atoms with van der Waals surface area (Å²) in [7, 11) is -1.62. The molecule has 0 amide bonds. The van der Waals surface area contributed by atoms with Gasteiger partial charge in [-0.2, -0.15) is 9.40 Å². The first kappa shape index (κ1) is 16.7. The van der Waals surface area contributed by atoms with Crippen LogP contribution in [0.2, 0.25) is 0 Å². The lowest BCUT2D eigenvalue weighted by Gasteiger charge is -2.33. The summed E-state index contributed by atoms with van der Waals surface area (Å²) in [5.74, 6) is 0. The largest absolute Gasteiger partial charge is 0.317 e. The van der Waals surface area contributed by atoms with Crippen molar-refractivity contribution in [2.24, 2.45) is 12.5 Å². The monoisotopic (exact) mass is 334 g/mol. The van der Waals surface area contributed by atoms with Crippen molar-refractivity contribution in [2.75, 3.05) is 26.2 Å². The van der Waals surface area contributed by atoms with Gasteiger partial charge < -0.3 is 5.32 Å². The molecule has 0 atom stereocenters. The Kier molecular flexibility index (Phi) is 4.68. The Labute approximate surface area is 132 Å². The van der Waals surface area contributed by atoms with Crippen LogP contribution in [-0.2, 0) is 17.1 Å². The van der Waals surface area contributed by atoms with E-state index in [1.807, 2.05) is 0 Å². The minimum atomic E-state index is -3.39. The van der Waals surface area contributed by atoms with Gasteiger partial charge in [-0.25, -0.2) is 8.42 Å². The van der Waals surface area contributed by atoms with Crippen molar-refractivity contribution >= 4 is 22.4 Å². The van der Waals surface area contributed by atoms with E-state index in [4.69, 9.17) is 0 Å². The molecule has 8 heteroatoms. The number of hydrogen-bond acceptors (Lipinski definition) is 4. The Hall–Kier alpha value is -0.630. The van der Waals surface area contributed by atoms with Crippen molar-refractivity contribution in [2.45, 2.75) is 31.1 Å². The zero-order valence-electron chi connectivity index (χ0n) is 12.5. The van der Waals surface area contributed by atoms with Gasteiger partial charge in [0, 0.05) is 20.1 Å². The molecule has 3 heterocycles. The van der Waals surface area contributed by atoms with Crippen LogP contribution in [0.5, 0.6) is 0 Å². The summed E-state index contributed by atoms with van der Waals surface area (Å²) < 4.78 is 28.8. The van der Waals surface area contributed by atoms with Crippen LogP contribution in [0.25, 0.3) is 0 Å². The summed E-state index contributed by atoms with van der Waals surface area (Å²) in [6.45, 7) is 5.10. The first-order valence-corrected chi connectivity index (χ1v) is 8.58. The number of aryl methyl sites for hydroxylation is 1. The first-order chi connectivity index (χ1) is 9.45. The number of nitrogens with one attached hydrogen (secondary N) is 1. The fourth-order valence-corrected chi connectivity index (χ4v) is 5.07. The van der Waals surface area contributed by atoms with Crippen molar-refractivity contribution < 1.29 is 8.42 Å². The van der Waals surface area contributed by atoms with Gasteiger partial charge in [0.15, 0.2) is 0 Å². The van der Waals surface area contributed by atoms with Gasteiger partial charge in [0.2, 0.25) is 10.0 Å². The molecule has 0 unspecified atom stereocenters. The molecule has 120 valence electrons. The van der Waals surface area contributed by atoms with E-state index < -0.39 is 10.0 Å². The lowest BCUT2D eigenvalue weighted by atomic mass is 9.78. The third-order valence-corrected chi connectivity index (χ3v) is 6.82. The van der Waals surface area contributed by atoms with Gasteiger partial charge in [-0.15, -0.1) is 12.4 Å². The standard InChI is InChI=1S/C13H22N4O2S.ClH/c1-11-12(9-15-16(11)2)20(18,19)17-8-5-13(10-17)3-6-14-7-4-13;/h9,14H,3-8,10H2,1-2H3;1H. The molecule has 0 aliphatic carbocycles. The molecule has 0 bridgehead atoms.